The summed E-state index contributed by atoms with van der Waals surface area (Å²) in [5.41, 5.74) is 6.78. The molecule has 0 aliphatic carbocycles. The number of nitrogens with zero attached hydrogens (tertiary/aromatic N) is 2. The van der Waals surface area contributed by atoms with E-state index in [1.54, 1.807) is 25.7 Å². The van der Waals surface area contributed by atoms with Gasteiger partial charge in [-0.15, -0.1) is 11.3 Å². The van der Waals surface area contributed by atoms with Crippen LogP contribution in [0.3, 0.4) is 0 Å². The highest BCUT2D eigenvalue weighted by atomic mass is 32.1. The van der Waals surface area contributed by atoms with Crippen molar-refractivity contribution in [3.8, 4) is 11.5 Å². The molecule has 3 N–H and O–H groups in total. The van der Waals surface area contributed by atoms with Gasteiger partial charge in [0.1, 0.15) is 16.5 Å². The van der Waals surface area contributed by atoms with Crippen molar-refractivity contribution in [2.75, 3.05) is 45.7 Å². The standard InChI is InChI=1S/C21H28N4O4S/c1-14(20(27)23-21-17(19(22)26)6-11-30-21)25-9-7-24(8-10-25)13-15-12-16(28-2)4-5-18(15)29-3/h4-6,11-12,14H,7-10,13H2,1-3H3,(H2,22,26)(H,23,27)/t14-/m1/s1. The minimum Gasteiger partial charge on any atom is -0.497 e. The molecule has 3 rings (SSSR count). The van der Waals surface area contributed by atoms with E-state index in [2.05, 4.69) is 15.1 Å². The third-order valence-electron chi connectivity index (χ3n) is 5.38. The molecule has 0 saturated carbocycles. The Hall–Kier alpha value is -2.62. The largest absolute Gasteiger partial charge is 0.497 e. The molecule has 9 heteroatoms. The molecule has 1 aliphatic heterocycles. The van der Waals surface area contributed by atoms with Crippen molar-refractivity contribution in [2.45, 2.75) is 19.5 Å². The Morgan fingerprint density at radius 3 is 2.53 bits per heavy atom. The number of methoxy groups -OCH3 is 2. The van der Waals surface area contributed by atoms with Crippen LogP contribution >= 0.6 is 11.3 Å². The highest BCUT2D eigenvalue weighted by Crippen LogP contribution is 2.26. The Balaban J connectivity index is 1.55. The molecule has 1 saturated heterocycles. The van der Waals surface area contributed by atoms with E-state index in [4.69, 9.17) is 15.2 Å². The highest BCUT2D eigenvalue weighted by molar-refractivity contribution is 7.14. The molecule has 0 unspecified atom stereocenters. The lowest BCUT2D eigenvalue weighted by Gasteiger charge is -2.37. The number of hydrogen-bond acceptors (Lipinski definition) is 7. The number of nitrogens with two attached hydrogens (primary N) is 1. The molecule has 1 aromatic carbocycles. The molecule has 1 fully saturated rings. The molecule has 2 amide bonds. The average Bonchev–Trinajstić information content (AvgIpc) is 3.22. The van der Waals surface area contributed by atoms with Gasteiger partial charge in [-0.1, -0.05) is 0 Å². The van der Waals surface area contributed by atoms with Crippen LogP contribution in [0.1, 0.15) is 22.8 Å². The van der Waals surface area contributed by atoms with E-state index in [9.17, 15) is 9.59 Å². The van der Waals surface area contributed by atoms with Crippen molar-refractivity contribution >= 4 is 28.2 Å². The Bertz CT molecular complexity index is 893. The fourth-order valence-electron chi connectivity index (χ4n) is 3.54. The van der Waals surface area contributed by atoms with Gasteiger partial charge >= 0.3 is 0 Å². The first-order valence-electron chi connectivity index (χ1n) is 9.78. The van der Waals surface area contributed by atoms with E-state index in [0.29, 0.717) is 10.6 Å². The van der Waals surface area contributed by atoms with Gasteiger partial charge < -0.3 is 20.5 Å². The Labute approximate surface area is 180 Å². The second-order valence-electron chi connectivity index (χ2n) is 7.18. The van der Waals surface area contributed by atoms with Crippen LogP contribution in [-0.2, 0) is 11.3 Å². The molecule has 1 aromatic heterocycles. The lowest BCUT2D eigenvalue weighted by Crippen LogP contribution is -2.52. The Kier molecular flexibility index (Phi) is 7.30. The lowest BCUT2D eigenvalue weighted by atomic mass is 10.1. The van der Waals surface area contributed by atoms with Crippen molar-refractivity contribution in [2.24, 2.45) is 5.73 Å². The Morgan fingerprint density at radius 1 is 1.17 bits per heavy atom. The third kappa shape index (κ3) is 5.10. The number of carbonyl (C=O) groups is 2. The van der Waals surface area contributed by atoms with Crippen molar-refractivity contribution < 1.29 is 19.1 Å². The van der Waals surface area contributed by atoms with Crippen LogP contribution in [0.15, 0.2) is 29.6 Å². The van der Waals surface area contributed by atoms with Crippen molar-refractivity contribution in [3.05, 3.63) is 40.8 Å². The highest BCUT2D eigenvalue weighted by Gasteiger charge is 2.27. The number of nitrogens with one attached hydrogen (secondary N) is 1. The number of ether oxygens (including phenoxy) is 2. The smallest absolute Gasteiger partial charge is 0.251 e. The summed E-state index contributed by atoms with van der Waals surface area (Å²) in [5.74, 6) is 0.967. The second kappa shape index (κ2) is 9.92. The SMILES string of the molecule is COc1ccc(OC)c(CN2CCN([C@H](C)C(=O)Nc3sccc3C(N)=O)CC2)c1. The molecular weight excluding hydrogens is 404 g/mol. The van der Waals surface area contributed by atoms with E-state index >= 15 is 0 Å². The maximum absolute atomic E-state index is 12.7. The summed E-state index contributed by atoms with van der Waals surface area (Å²) < 4.78 is 10.8. The van der Waals surface area contributed by atoms with Gasteiger partial charge in [-0.25, -0.2) is 0 Å². The van der Waals surface area contributed by atoms with Crippen LogP contribution in [0, 0.1) is 0 Å². The molecule has 0 bridgehead atoms. The molecule has 8 nitrogen and oxygen atoms in total. The van der Waals surface area contributed by atoms with Gasteiger partial charge in [0.05, 0.1) is 25.8 Å². The van der Waals surface area contributed by atoms with Crippen LogP contribution in [0.25, 0.3) is 0 Å². The van der Waals surface area contributed by atoms with Gasteiger partial charge in [0, 0.05) is 38.3 Å². The first-order valence-corrected chi connectivity index (χ1v) is 10.7. The summed E-state index contributed by atoms with van der Waals surface area (Å²) in [6, 6.07) is 7.12. The minimum atomic E-state index is -0.541. The van der Waals surface area contributed by atoms with Crippen LogP contribution in [-0.4, -0.2) is 68.1 Å². The Morgan fingerprint density at radius 2 is 1.90 bits per heavy atom. The summed E-state index contributed by atoms with van der Waals surface area (Å²) in [6.45, 7) is 5.86. The van der Waals surface area contributed by atoms with Gasteiger partial charge in [0.2, 0.25) is 5.91 Å². The number of piperazine rings is 1. The third-order valence-corrected chi connectivity index (χ3v) is 6.21. The van der Waals surface area contributed by atoms with Crippen LogP contribution in [0.5, 0.6) is 11.5 Å². The molecule has 2 heterocycles. The maximum atomic E-state index is 12.7. The van der Waals surface area contributed by atoms with Gasteiger partial charge in [0.15, 0.2) is 0 Å². The molecule has 1 aliphatic rings. The van der Waals surface area contributed by atoms with Crippen molar-refractivity contribution in [1.29, 1.82) is 0 Å². The fourth-order valence-corrected chi connectivity index (χ4v) is 4.33. The van der Waals surface area contributed by atoms with Gasteiger partial charge in [0.25, 0.3) is 5.91 Å². The molecular formula is C21H28N4O4S. The first-order chi connectivity index (χ1) is 14.4. The molecule has 162 valence electrons. The average molecular weight is 433 g/mol. The summed E-state index contributed by atoms with van der Waals surface area (Å²) in [6.07, 6.45) is 0. The van der Waals surface area contributed by atoms with Crippen molar-refractivity contribution in [1.82, 2.24) is 9.80 Å². The topological polar surface area (TPSA) is 97.1 Å². The predicted molar refractivity (Wildman–Crippen MR) is 117 cm³/mol. The van der Waals surface area contributed by atoms with Crippen LogP contribution < -0.4 is 20.5 Å². The summed E-state index contributed by atoms with van der Waals surface area (Å²) in [4.78, 5) is 28.6. The van der Waals surface area contributed by atoms with Crippen LogP contribution in [0.2, 0.25) is 0 Å². The summed E-state index contributed by atoms with van der Waals surface area (Å²) in [5, 5.41) is 5.09. The number of thiophene rings is 1. The predicted octanol–water partition coefficient (Wildman–Crippen LogP) is 2.01. The first kappa shape index (κ1) is 22.1. The number of carbonyl (C=O) groups excluding carboxylic acids is 2. The van der Waals surface area contributed by atoms with Crippen molar-refractivity contribution in [3.63, 3.8) is 0 Å². The van der Waals surface area contributed by atoms with Crippen LogP contribution in [0.4, 0.5) is 5.00 Å². The zero-order chi connectivity index (χ0) is 21.7. The van der Waals surface area contributed by atoms with Gasteiger partial charge in [-0.2, -0.15) is 0 Å². The fraction of sp³-hybridized carbons (Fsp3) is 0.429. The van der Waals surface area contributed by atoms with E-state index in [1.165, 1.54) is 11.3 Å². The number of primary amides is 1. The minimum absolute atomic E-state index is 0.136. The van der Waals surface area contributed by atoms with E-state index < -0.39 is 5.91 Å². The maximum Gasteiger partial charge on any atom is 0.251 e. The van der Waals surface area contributed by atoms with E-state index in [1.807, 2.05) is 25.1 Å². The molecule has 0 radical (unpaired) electrons. The van der Waals surface area contributed by atoms with E-state index in [0.717, 1.165) is 49.8 Å². The number of rotatable bonds is 8. The molecule has 0 spiro atoms. The monoisotopic (exact) mass is 432 g/mol. The lowest BCUT2D eigenvalue weighted by molar-refractivity contribution is -0.121. The normalized spacial score (nSPS) is 16.1. The quantitative estimate of drug-likeness (QED) is 0.662. The molecule has 30 heavy (non-hydrogen) atoms. The number of benzene rings is 1. The van der Waals surface area contributed by atoms with E-state index in [-0.39, 0.29) is 11.9 Å². The number of amides is 2. The summed E-state index contributed by atoms with van der Waals surface area (Å²) >= 11 is 1.30. The second-order valence-corrected chi connectivity index (χ2v) is 8.10. The zero-order valence-electron chi connectivity index (χ0n) is 17.5. The van der Waals surface area contributed by atoms with Gasteiger partial charge in [-0.05, 0) is 36.6 Å². The van der Waals surface area contributed by atoms with Gasteiger partial charge in [-0.3, -0.25) is 19.4 Å². The molecule has 1 atom stereocenters. The number of anilines is 1. The zero-order valence-corrected chi connectivity index (χ0v) is 18.3. The number of hydrogen-bond donors (Lipinski definition) is 2. The summed E-state index contributed by atoms with van der Waals surface area (Å²) in [7, 11) is 3.32. The molecule has 2 aromatic rings.